The first-order valence-electron chi connectivity index (χ1n) is 15.6. The lowest BCUT2D eigenvalue weighted by Crippen LogP contribution is -2.17. The van der Waals surface area contributed by atoms with Crippen LogP contribution in [0, 0.1) is 20.8 Å². The fourth-order valence-corrected chi connectivity index (χ4v) is 6.11. The highest BCUT2D eigenvalue weighted by Gasteiger charge is 2.29. The molecule has 3 N–H and O–H groups in total. The smallest absolute Gasteiger partial charge is 0.119 e. The highest BCUT2D eigenvalue weighted by Crippen LogP contribution is 2.45. The Morgan fingerprint density at radius 2 is 0.837 bits per heavy atom. The third-order valence-corrected chi connectivity index (χ3v) is 8.45. The molecule has 0 aliphatic carbocycles. The van der Waals surface area contributed by atoms with E-state index in [1.54, 1.807) is 6.08 Å². The summed E-state index contributed by atoms with van der Waals surface area (Å²) in [7, 11) is 0. The van der Waals surface area contributed by atoms with Crippen LogP contribution in [0.5, 0.6) is 17.2 Å². The number of benzene rings is 3. The molecule has 43 heavy (non-hydrogen) atoms. The second-order valence-corrected chi connectivity index (χ2v) is 15.5. The van der Waals surface area contributed by atoms with Crippen molar-refractivity contribution in [3.05, 3.63) is 99.1 Å². The normalized spacial score (nSPS) is 13.0. The number of aryl methyl sites for hydroxylation is 3. The molecule has 0 heterocycles. The van der Waals surface area contributed by atoms with Crippen LogP contribution in [0.1, 0.15) is 144 Å². The van der Waals surface area contributed by atoms with Crippen LogP contribution in [0.4, 0.5) is 0 Å². The summed E-state index contributed by atoms with van der Waals surface area (Å²) >= 11 is 0. The van der Waals surface area contributed by atoms with Crippen LogP contribution in [0.3, 0.4) is 0 Å². The standard InChI is InChI=1S/C37H52O3.C3H6/c1-21(25-18-29(35(5,6)7)32(38)15-22(25)2)14-28(26-19-30(36(8,9)10)33(39)16-23(26)3)27-20-31(37(11,12)13)34(40)17-24(27)4;1-3-2/h15-21,28,38-40H,14H2,1-13H3;3H,1H2,2H3. The molecule has 3 rings (SSSR count). The molecule has 0 bridgehead atoms. The summed E-state index contributed by atoms with van der Waals surface area (Å²) in [4.78, 5) is 0. The summed E-state index contributed by atoms with van der Waals surface area (Å²) in [6, 6.07) is 12.3. The van der Waals surface area contributed by atoms with Crippen molar-refractivity contribution in [2.24, 2.45) is 0 Å². The van der Waals surface area contributed by atoms with Gasteiger partial charge in [-0.25, -0.2) is 0 Å². The average molecular weight is 587 g/mol. The molecule has 0 aliphatic heterocycles. The molecule has 0 aromatic heterocycles. The van der Waals surface area contributed by atoms with Gasteiger partial charge < -0.3 is 15.3 Å². The van der Waals surface area contributed by atoms with E-state index in [1.165, 1.54) is 16.7 Å². The van der Waals surface area contributed by atoms with E-state index in [0.29, 0.717) is 17.2 Å². The summed E-state index contributed by atoms with van der Waals surface area (Å²) in [6.45, 7) is 33.0. The summed E-state index contributed by atoms with van der Waals surface area (Å²) in [5, 5.41) is 32.6. The van der Waals surface area contributed by atoms with Gasteiger partial charge in [-0.15, -0.1) is 6.58 Å². The van der Waals surface area contributed by atoms with E-state index in [-0.39, 0.29) is 28.1 Å². The first-order valence-corrected chi connectivity index (χ1v) is 15.6. The zero-order valence-corrected chi connectivity index (χ0v) is 29.5. The number of aromatic hydroxyl groups is 3. The second-order valence-electron chi connectivity index (χ2n) is 15.5. The lowest BCUT2D eigenvalue weighted by Gasteiger charge is -2.31. The van der Waals surface area contributed by atoms with E-state index in [0.717, 1.165) is 39.8 Å². The number of allylic oxidation sites excluding steroid dienone is 1. The molecule has 3 nitrogen and oxygen atoms in total. The van der Waals surface area contributed by atoms with E-state index < -0.39 is 0 Å². The molecule has 1 unspecified atom stereocenters. The molecule has 1 atom stereocenters. The van der Waals surface area contributed by atoms with Gasteiger partial charge in [0, 0.05) is 5.92 Å². The Labute approximate surface area is 262 Å². The highest BCUT2D eigenvalue weighted by molar-refractivity contribution is 5.53. The van der Waals surface area contributed by atoms with Gasteiger partial charge in [-0.3, -0.25) is 0 Å². The molecular weight excluding hydrogens is 528 g/mol. The Morgan fingerprint density at radius 3 is 1.12 bits per heavy atom. The summed E-state index contributed by atoms with van der Waals surface area (Å²) in [5.74, 6) is 1.27. The lowest BCUT2D eigenvalue weighted by molar-refractivity contribution is 0.444. The van der Waals surface area contributed by atoms with Crippen molar-refractivity contribution < 1.29 is 15.3 Å². The lowest BCUT2D eigenvalue weighted by atomic mass is 9.74. The molecule has 0 aliphatic rings. The van der Waals surface area contributed by atoms with Gasteiger partial charge in [0.25, 0.3) is 0 Å². The molecule has 0 spiro atoms. The van der Waals surface area contributed by atoms with Gasteiger partial charge in [-0.1, -0.05) is 93.5 Å². The summed E-state index contributed by atoms with van der Waals surface area (Å²) in [5.41, 5.74) is 9.11. The molecule has 0 fully saturated rings. The minimum absolute atomic E-state index is 0.0460. The van der Waals surface area contributed by atoms with Crippen molar-refractivity contribution in [3.8, 4) is 17.2 Å². The van der Waals surface area contributed by atoms with Crippen LogP contribution in [0.2, 0.25) is 0 Å². The van der Waals surface area contributed by atoms with Gasteiger partial charge in [0.15, 0.2) is 0 Å². The number of phenols is 3. The topological polar surface area (TPSA) is 60.7 Å². The zero-order valence-electron chi connectivity index (χ0n) is 29.5. The maximum absolute atomic E-state index is 10.9. The minimum atomic E-state index is -0.210. The van der Waals surface area contributed by atoms with E-state index in [4.69, 9.17) is 0 Å². The van der Waals surface area contributed by atoms with Gasteiger partial charge in [-0.2, -0.15) is 0 Å². The van der Waals surface area contributed by atoms with E-state index in [1.807, 2.05) is 25.1 Å². The van der Waals surface area contributed by atoms with Gasteiger partial charge in [-0.05, 0) is 125 Å². The molecular formula is C40H58O3. The average Bonchev–Trinajstić information content (AvgIpc) is 2.81. The molecule has 0 amide bonds. The summed E-state index contributed by atoms with van der Waals surface area (Å²) in [6.07, 6.45) is 2.60. The Morgan fingerprint density at radius 1 is 0.581 bits per heavy atom. The highest BCUT2D eigenvalue weighted by atomic mass is 16.3. The van der Waals surface area contributed by atoms with Crippen molar-refractivity contribution >= 4 is 0 Å². The Balaban J connectivity index is 0.00000206. The number of hydrogen-bond acceptors (Lipinski definition) is 3. The number of phenolic OH excluding ortho intramolecular Hbond substituents is 3. The van der Waals surface area contributed by atoms with E-state index in [9.17, 15) is 15.3 Å². The van der Waals surface area contributed by atoms with Gasteiger partial charge in [0.05, 0.1) is 0 Å². The van der Waals surface area contributed by atoms with Crippen molar-refractivity contribution in [3.63, 3.8) is 0 Å². The molecule has 0 radical (unpaired) electrons. The molecule has 3 aromatic carbocycles. The van der Waals surface area contributed by atoms with Gasteiger partial charge in [0.1, 0.15) is 17.2 Å². The maximum atomic E-state index is 10.9. The monoisotopic (exact) mass is 586 g/mol. The van der Waals surface area contributed by atoms with Crippen LogP contribution < -0.4 is 0 Å². The predicted molar refractivity (Wildman–Crippen MR) is 185 cm³/mol. The quantitative estimate of drug-likeness (QED) is 0.261. The van der Waals surface area contributed by atoms with E-state index in [2.05, 4.69) is 115 Å². The van der Waals surface area contributed by atoms with Gasteiger partial charge in [0.2, 0.25) is 0 Å². The first kappa shape index (κ1) is 36.0. The van der Waals surface area contributed by atoms with Crippen LogP contribution in [-0.4, -0.2) is 15.3 Å². The van der Waals surface area contributed by atoms with Crippen molar-refractivity contribution in [1.82, 2.24) is 0 Å². The Hall–Kier alpha value is -3.20. The van der Waals surface area contributed by atoms with Crippen LogP contribution in [-0.2, 0) is 16.2 Å². The molecule has 3 heteroatoms. The SMILES string of the molecule is C=CC.Cc1cc(O)c(C(C)(C)C)cc1C(C)CC(c1cc(C(C)(C)C)c(O)cc1C)c1cc(C(C)(C)C)c(O)cc1C. The van der Waals surface area contributed by atoms with Crippen LogP contribution in [0.15, 0.2) is 49.1 Å². The molecule has 236 valence electrons. The largest absolute Gasteiger partial charge is 0.508 e. The van der Waals surface area contributed by atoms with Crippen molar-refractivity contribution in [2.45, 2.75) is 131 Å². The predicted octanol–water partition coefficient (Wildman–Crippen LogP) is 11.1. The third kappa shape index (κ3) is 8.46. The van der Waals surface area contributed by atoms with Crippen LogP contribution >= 0.6 is 0 Å². The Kier molecular flexibility index (Phi) is 11.1. The Bertz CT molecular complexity index is 1370. The number of rotatable bonds is 5. The fraction of sp³-hybridized carbons (Fsp3) is 0.500. The third-order valence-electron chi connectivity index (χ3n) is 8.45. The number of hydrogen-bond donors (Lipinski definition) is 3. The van der Waals surface area contributed by atoms with Crippen LogP contribution in [0.25, 0.3) is 0 Å². The molecule has 3 aromatic rings. The zero-order chi connectivity index (χ0) is 33.2. The first-order chi connectivity index (χ1) is 19.5. The molecule has 0 saturated heterocycles. The van der Waals surface area contributed by atoms with Crippen molar-refractivity contribution in [2.75, 3.05) is 0 Å². The van der Waals surface area contributed by atoms with E-state index >= 15 is 0 Å². The molecule has 0 saturated carbocycles. The summed E-state index contributed by atoms with van der Waals surface area (Å²) < 4.78 is 0. The second kappa shape index (κ2) is 13.2. The maximum Gasteiger partial charge on any atom is 0.119 e. The fourth-order valence-electron chi connectivity index (χ4n) is 6.11. The minimum Gasteiger partial charge on any atom is -0.508 e. The van der Waals surface area contributed by atoms with Crippen molar-refractivity contribution in [1.29, 1.82) is 0 Å². The van der Waals surface area contributed by atoms with Gasteiger partial charge >= 0.3 is 0 Å².